The van der Waals surface area contributed by atoms with Crippen LogP contribution in [0, 0.1) is 5.82 Å². The van der Waals surface area contributed by atoms with E-state index in [1.165, 1.54) is 50.6 Å². The van der Waals surface area contributed by atoms with E-state index >= 15 is 0 Å². The molecule has 1 N–H and O–H groups in total. The molecule has 1 aliphatic rings. The van der Waals surface area contributed by atoms with Crippen molar-refractivity contribution >= 4 is 52.2 Å². The van der Waals surface area contributed by atoms with E-state index in [2.05, 4.69) is 5.32 Å². The van der Waals surface area contributed by atoms with Gasteiger partial charge in [-0.15, -0.1) is 0 Å². The number of hydrogen-bond acceptors (Lipinski definition) is 7. The van der Waals surface area contributed by atoms with Crippen molar-refractivity contribution in [2.45, 2.75) is 0 Å². The van der Waals surface area contributed by atoms with Crippen LogP contribution >= 0.6 is 23.4 Å². The molecule has 1 aliphatic heterocycles. The van der Waals surface area contributed by atoms with Crippen molar-refractivity contribution in [1.82, 2.24) is 4.90 Å². The highest BCUT2D eigenvalue weighted by Crippen LogP contribution is 2.39. The molecule has 8 nitrogen and oxygen atoms in total. The molecule has 0 spiro atoms. The zero-order valence-electron chi connectivity index (χ0n) is 17.7. The van der Waals surface area contributed by atoms with Gasteiger partial charge in [-0.05, 0) is 59.8 Å². The Morgan fingerprint density at radius 1 is 1.21 bits per heavy atom. The fourth-order valence-corrected chi connectivity index (χ4v) is 4.00. The van der Waals surface area contributed by atoms with Crippen molar-refractivity contribution in [1.29, 1.82) is 0 Å². The Morgan fingerprint density at radius 3 is 2.61 bits per heavy atom. The number of rotatable bonds is 9. The molecule has 2 aromatic rings. The lowest BCUT2D eigenvalue weighted by atomic mass is 10.1. The van der Waals surface area contributed by atoms with E-state index in [1.807, 2.05) is 0 Å². The Bertz CT molecular complexity index is 1090. The number of imide groups is 1. The number of nitrogens with zero attached hydrogens (tertiary/aromatic N) is 1. The van der Waals surface area contributed by atoms with Crippen LogP contribution in [0.2, 0.25) is 5.02 Å². The first-order valence-corrected chi connectivity index (χ1v) is 10.8. The van der Waals surface area contributed by atoms with Crippen LogP contribution in [-0.2, 0) is 14.3 Å². The maximum Gasteiger partial charge on any atom is 0.293 e. The van der Waals surface area contributed by atoms with E-state index in [0.717, 1.165) is 16.7 Å². The van der Waals surface area contributed by atoms with Gasteiger partial charge in [0, 0.05) is 12.8 Å². The SMILES string of the molecule is COCCN1C(=O)S/C(=C/c2cc(Cl)c(OCC(=O)Nc3ccc(F)cc3)c(OC)c2)C1=O. The molecule has 0 aromatic heterocycles. The fourth-order valence-electron chi connectivity index (χ4n) is 2.86. The van der Waals surface area contributed by atoms with Gasteiger partial charge in [0.05, 0.1) is 30.2 Å². The van der Waals surface area contributed by atoms with Gasteiger partial charge in [0.25, 0.3) is 17.1 Å². The molecule has 1 saturated heterocycles. The predicted molar refractivity (Wildman–Crippen MR) is 123 cm³/mol. The number of nitrogens with one attached hydrogen (secondary N) is 1. The van der Waals surface area contributed by atoms with E-state index in [0.29, 0.717) is 11.3 Å². The molecule has 0 bridgehead atoms. The second kappa shape index (κ2) is 11.2. The van der Waals surface area contributed by atoms with Gasteiger partial charge in [-0.1, -0.05) is 11.6 Å². The number of hydrogen-bond donors (Lipinski definition) is 1. The summed E-state index contributed by atoms with van der Waals surface area (Å²) in [5.41, 5.74) is 0.926. The van der Waals surface area contributed by atoms with E-state index in [-0.39, 0.29) is 46.4 Å². The first kappa shape index (κ1) is 24.6. The minimum atomic E-state index is -0.478. The van der Waals surface area contributed by atoms with Gasteiger partial charge in [0.15, 0.2) is 18.1 Å². The highest BCUT2D eigenvalue weighted by molar-refractivity contribution is 8.18. The molecule has 0 aliphatic carbocycles. The van der Waals surface area contributed by atoms with E-state index in [9.17, 15) is 18.8 Å². The summed E-state index contributed by atoms with van der Waals surface area (Å²) < 4.78 is 28.8. The molecule has 33 heavy (non-hydrogen) atoms. The van der Waals surface area contributed by atoms with Crippen LogP contribution in [0.3, 0.4) is 0 Å². The quantitative estimate of drug-likeness (QED) is 0.522. The molecule has 2 aromatic carbocycles. The van der Waals surface area contributed by atoms with Gasteiger partial charge in [-0.2, -0.15) is 0 Å². The number of thioether (sulfide) groups is 1. The van der Waals surface area contributed by atoms with Crippen molar-refractivity contribution in [3.63, 3.8) is 0 Å². The zero-order chi connectivity index (χ0) is 24.0. The van der Waals surface area contributed by atoms with Crippen LogP contribution in [0.15, 0.2) is 41.3 Å². The zero-order valence-corrected chi connectivity index (χ0v) is 19.3. The molecule has 0 saturated carbocycles. The summed E-state index contributed by atoms with van der Waals surface area (Å²) in [5.74, 6) is -0.940. The average molecular weight is 495 g/mol. The Hall–Kier alpha value is -3.08. The van der Waals surface area contributed by atoms with Gasteiger partial charge < -0.3 is 19.5 Å². The Kier molecular flexibility index (Phi) is 8.32. The topological polar surface area (TPSA) is 94.2 Å². The third-order valence-electron chi connectivity index (χ3n) is 4.42. The molecule has 3 rings (SSSR count). The second-order valence-electron chi connectivity index (χ2n) is 6.70. The van der Waals surface area contributed by atoms with Crippen LogP contribution in [0.25, 0.3) is 6.08 Å². The third-order valence-corrected chi connectivity index (χ3v) is 5.61. The molecule has 1 fully saturated rings. The van der Waals surface area contributed by atoms with Crippen LogP contribution in [0.1, 0.15) is 5.56 Å². The van der Waals surface area contributed by atoms with Crippen molar-refractivity contribution in [3.8, 4) is 11.5 Å². The largest absolute Gasteiger partial charge is 0.493 e. The molecule has 0 radical (unpaired) electrons. The molecule has 0 unspecified atom stereocenters. The lowest BCUT2D eigenvalue weighted by molar-refractivity contribution is -0.123. The van der Waals surface area contributed by atoms with E-state index in [1.54, 1.807) is 6.07 Å². The number of amides is 3. The lowest BCUT2D eigenvalue weighted by Crippen LogP contribution is -2.31. The van der Waals surface area contributed by atoms with Gasteiger partial charge in [0.1, 0.15) is 5.82 Å². The Labute approximate surface area is 198 Å². The second-order valence-corrected chi connectivity index (χ2v) is 8.10. The monoisotopic (exact) mass is 494 g/mol. The number of methoxy groups -OCH3 is 2. The summed E-state index contributed by atoms with van der Waals surface area (Å²) >= 11 is 7.15. The molecular weight excluding hydrogens is 475 g/mol. The van der Waals surface area contributed by atoms with Crippen molar-refractivity contribution in [2.24, 2.45) is 0 Å². The number of anilines is 1. The van der Waals surface area contributed by atoms with Gasteiger partial charge in [-0.25, -0.2) is 4.39 Å². The van der Waals surface area contributed by atoms with E-state index < -0.39 is 17.6 Å². The lowest BCUT2D eigenvalue weighted by Gasteiger charge is -2.13. The fraction of sp³-hybridized carbons (Fsp3) is 0.227. The van der Waals surface area contributed by atoms with Crippen molar-refractivity contribution < 1.29 is 33.0 Å². The normalized spacial score (nSPS) is 14.7. The minimum absolute atomic E-state index is 0.138. The number of halogens is 2. The highest BCUT2D eigenvalue weighted by Gasteiger charge is 2.34. The summed E-state index contributed by atoms with van der Waals surface area (Å²) in [6, 6.07) is 8.39. The predicted octanol–water partition coefficient (Wildman–Crippen LogP) is 4.19. The smallest absolute Gasteiger partial charge is 0.293 e. The highest BCUT2D eigenvalue weighted by atomic mass is 35.5. The third kappa shape index (κ3) is 6.25. The summed E-state index contributed by atoms with van der Waals surface area (Å²) in [5, 5.41) is 2.34. The maximum atomic E-state index is 13.0. The first-order valence-electron chi connectivity index (χ1n) is 9.62. The van der Waals surface area contributed by atoms with E-state index in [4.69, 9.17) is 25.8 Å². The van der Waals surface area contributed by atoms with Crippen LogP contribution < -0.4 is 14.8 Å². The molecule has 174 valence electrons. The van der Waals surface area contributed by atoms with Crippen LogP contribution in [0.4, 0.5) is 14.9 Å². The molecule has 1 heterocycles. The molecule has 11 heteroatoms. The number of carbonyl (C=O) groups is 3. The van der Waals surface area contributed by atoms with Crippen LogP contribution in [0.5, 0.6) is 11.5 Å². The summed E-state index contributed by atoms with van der Waals surface area (Å²) in [7, 11) is 2.89. The number of ether oxygens (including phenoxy) is 3. The van der Waals surface area contributed by atoms with Crippen molar-refractivity contribution in [3.05, 3.63) is 57.7 Å². The average Bonchev–Trinajstić information content (AvgIpc) is 3.05. The first-order chi connectivity index (χ1) is 15.8. The molecule has 3 amide bonds. The summed E-state index contributed by atoms with van der Waals surface area (Å²) in [6.07, 6.45) is 1.52. The summed E-state index contributed by atoms with van der Waals surface area (Å²) in [6.45, 7) is 0.0340. The Balaban J connectivity index is 1.71. The minimum Gasteiger partial charge on any atom is -0.493 e. The Morgan fingerprint density at radius 2 is 1.94 bits per heavy atom. The van der Waals surface area contributed by atoms with Gasteiger partial charge >= 0.3 is 0 Å². The van der Waals surface area contributed by atoms with Crippen molar-refractivity contribution in [2.75, 3.05) is 39.3 Å². The van der Waals surface area contributed by atoms with Crippen LogP contribution in [-0.4, -0.2) is 55.9 Å². The summed E-state index contributed by atoms with van der Waals surface area (Å²) in [4.78, 5) is 38.0. The standard InChI is InChI=1S/C22H20ClFN2O6S/c1-30-8-7-26-21(28)18(33-22(26)29)11-13-9-16(23)20(17(10-13)31-2)32-12-19(27)25-15-5-3-14(24)4-6-15/h3-6,9-11H,7-8,12H2,1-2H3,(H,25,27)/b18-11+. The number of benzene rings is 2. The van der Waals surface area contributed by atoms with Gasteiger partial charge in [0.2, 0.25) is 0 Å². The molecule has 0 atom stereocenters. The molecular formula is C22H20ClFN2O6S. The maximum absolute atomic E-state index is 13.0. The van der Waals surface area contributed by atoms with Gasteiger partial charge in [-0.3, -0.25) is 19.3 Å². The number of carbonyl (C=O) groups excluding carboxylic acids is 3.